The van der Waals surface area contributed by atoms with Crippen LogP contribution in [0.3, 0.4) is 0 Å². The van der Waals surface area contributed by atoms with E-state index in [0.29, 0.717) is 5.69 Å². The number of hydrogen-bond acceptors (Lipinski definition) is 10. The Morgan fingerprint density at radius 3 is 2.28 bits per heavy atom. The Kier molecular flexibility index (Phi) is 9.97. The number of methoxy groups -OCH3 is 1. The molecule has 5 aromatic rings. The van der Waals surface area contributed by atoms with Gasteiger partial charge in [-0.1, -0.05) is 36.4 Å². The first kappa shape index (κ1) is 32.1. The number of nitrogens with two attached hydrogens (primary N) is 1. The highest BCUT2D eigenvalue weighted by molar-refractivity contribution is 5.90. The van der Waals surface area contributed by atoms with Gasteiger partial charge in [0, 0.05) is 17.8 Å². The van der Waals surface area contributed by atoms with E-state index in [1.54, 1.807) is 19.1 Å². The molecule has 0 aliphatic heterocycles. The van der Waals surface area contributed by atoms with Gasteiger partial charge in [0.05, 0.1) is 30.9 Å². The number of anilines is 1. The minimum Gasteiger partial charge on any atom is -0.493 e. The van der Waals surface area contributed by atoms with Crippen LogP contribution in [0.2, 0.25) is 0 Å². The third kappa shape index (κ3) is 7.66. The summed E-state index contributed by atoms with van der Waals surface area (Å²) in [6.07, 6.45) is 0. The van der Waals surface area contributed by atoms with Gasteiger partial charge in [0.1, 0.15) is 12.4 Å². The summed E-state index contributed by atoms with van der Waals surface area (Å²) in [5, 5.41) is 9.51. The molecule has 0 amide bonds. The van der Waals surface area contributed by atoms with Gasteiger partial charge in [0.25, 0.3) is 11.8 Å². The molecule has 12 heteroatoms. The first-order valence-electron chi connectivity index (χ1n) is 14.1. The van der Waals surface area contributed by atoms with Gasteiger partial charge in [-0.15, -0.1) is 0 Å². The monoisotopic (exact) mass is 639 g/mol. The Morgan fingerprint density at radius 2 is 1.57 bits per heavy atom. The van der Waals surface area contributed by atoms with Crippen molar-refractivity contribution in [2.75, 3.05) is 19.5 Å². The maximum Gasteiger partial charge on any atom is 0.338 e. The molecule has 1 aromatic heterocycles. The van der Waals surface area contributed by atoms with E-state index in [4.69, 9.17) is 34.2 Å². The summed E-state index contributed by atoms with van der Waals surface area (Å²) in [5.74, 6) is -5.75. The van der Waals surface area contributed by atoms with Crippen molar-refractivity contribution >= 4 is 11.7 Å². The number of esters is 1. The van der Waals surface area contributed by atoms with Crippen molar-refractivity contribution < 1.29 is 42.0 Å². The second-order valence-electron chi connectivity index (χ2n) is 9.69. The van der Waals surface area contributed by atoms with Crippen molar-refractivity contribution in [1.82, 2.24) is 4.98 Å². The molecule has 0 aliphatic carbocycles. The maximum atomic E-state index is 16.1. The first-order valence-corrected chi connectivity index (χ1v) is 14.1. The van der Waals surface area contributed by atoms with Gasteiger partial charge < -0.3 is 34.2 Å². The lowest BCUT2D eigenvalue weighted by Crippen LogP contribution is -2.06. The Bertz CT molecular complexity index is 1950. The normalized spacial score (nSPS) is 10.4. The van der Waals surface area contributed by atoms with Gasteiger partial charge in [-0.05, 0) is 55.0 Å². The van der Waals surface area contributed by atoms with E-state index in [0.717, 1.165) is 5.56 Å². The Labute approximate surface area is 268 Å². The molecule has 47 heavy (non-hydrogen) atoms. The molecular weight excluding hydrogens is 612 g/mol. The van der Waals surface area contributed by atoms with Crippen LogP contribution < -0.4 is 29.4 Å². The van der Waals surface area contributed by atoms with E-state index in [9.17, 15) is 10.1 Å². The number of halogens is 2. The summed E-state index contributed by atoms with van der Waals surface area (Å²) in [5.41, 5.74) is 7.30. The highest BCUT2D eigenvalue weighted by Gasteiger charge is 2.28. The van der Waals surface area contributed by atoms with E-state index in [2.05, 4.69) is 4.98 Å². The number of hydrogen-bond donors (Lipinski definition) is 1. The molecule has 10 nitrogen and oxygen atoms in total. The maximum absolute atomic E-state index is 16.1. The van der Waals surface area contributed by atoms with E-state index >= 15 is 8.78 Å². The van der Waals surface area contributed by atoms with Crippen LogP contribution >= 0.6 is 0 Å². The number of carbonyl (C=O) groups excluding carboxylic acids is 1. The summed E-state index contributed by atoms with van der Waals surface area (Å²) in [6, 6.07) is 25.5. The lowest BCUT2D eigenvalue weighted by atomic mass is 10.2. The molecule has 0 bridgehead atoms. The van der Waals surface area contributed by atoms with Crippen LogP contribution in [0.5, 0.6) is 46.3 Å². The van der Waals surface area contributed by atoms with Gasteiger partial charge in [-0.3, -0.25) is 0 Å². The quantitative estimate of drug-likeness (QED) is 0.106. The van der Waals surface area contributed by atoms with E-state index in [1.165, 1.54) is 55.6 Å². The molecule has 4 aromatic carbocycles. The summed E-state index contributed by atoms with van der Waals surface area (Å²) in [7, 11) is 1.29. The average Bonchev–Trinajstić information content (AvgIpc) is 3.08. The fourth-order valence-electron chi connectivity index (χ4n) is 4.21. The predicted molar refractivity (Wildman–Crippen MR) is 166 cm³/mol. The number of nitrogen functional groups attached to an aromatic ring is 1. The molecule has 2 N–H and O–H groups in total. The van der Waals surface area contributed by atoms with Crippen LogP contribution in [-0.4, -0.2) is 24.7 Å². The van der Waals surface area contributed by atoms with Crippen molar-refractivity contribution in [2.45, 2.75) is 13.5 Å². The number of ether oxygens (including phenoxy) is 6. The average molecular weight is 640 g/mol. The lowest BCUT2D eigenvalue weighted by molar-refractivity contribution is 0.0526. The van der Waals surface area contributed by atoms with Gasteiger partial charge in [0.15, 0.2) is 23.0 Å². The molecule has 0 fully saturated rings. The number of rotatable bonds is 12. The Hall–Kier alpha value is -6.35. The summed E-state index contributed by atoms with van der Waals surface area (Å²) in [4.78, 5) is 16.2. The SMILES string of the molecule is CCOC(=O)c1ccc(Oc2c(F)c(Oc3cccc(N)c3)nc(Oc3cc(C#N)ccc3OCc3ccccc3)c2F)c(OC)c1. The minimum absolute atomic E-state index is 0.0229. The number of pyridine rings is 1. The van der Waals surface area contributed by atoms with Gasteiger partial charge >= 0.3 is 5.97 Å². The van der Waals surface area contributed by atoms with Gasteiger partial charge in [-0.2, -0.15) is 19.0 Å². The molecule has 5 rings (SSSR count). The highest BCUT2D eigenvalue weighted by Crippen LogP contribution is 2.43. The summed E-state index contributed by atoms with van der Waals surface area (Å²) >= 11 is 0. The summed E-state index contributed by atoms with van der Waals surface area (Å²) < 4.78 is 65.5. The predicted octanol–water partition coefficient (Wildman–Crippen LogP) is 7.95. The third-order valence-corrected chi connectivity index (χ3v) is 6.45. The molecular formula is C35H27F2N3O7. The molecule has 0 radical (unpaired) electrons. The molecule has 0 unspecified atom stereocenters. The van der Waals surface area contributed by atoms with Crippen LogP contribution in [0.15, 0.2) is 91.0 Å². The zero-order valence-electron chi connectivity index (χ0n) is 25.2. The van der Waals surface area contributed by atoms with Crippen molar-refractivity contribution in [3.05, 3.63) is 119 Å². The van der Waals surface area contributed by atoms with Crippen molar-refractivity contribution in [3.8, 4) is 52.3 Å². The van der Waals surface area contributed by atoms with Gasteiger partial charge in [-0.25, -0.2) is 4.79 Å². The van der Waals surface area contributed by atoms with E-state index in [1.807, 2.05) is 36.4 Å². The van der Waals surface area contributed by atoms with Crippen molar-refractivity contribution in [1.29, 1.82) is 5.26 Å². The topological polar surface area (TPSA) is 135 Å². The molecule has 238 valence electrons. The smallest absolute Gasteiger partial charge is 0.338 e. The highest BCUT2D eigenvalue weighted by atomic mass is 19.1. The van der Waals surface area contributed by atoms with Crippen LogP contribution in [0, 0.1) is 23.0 Å². The van der Waals surface area contributed by atoms with Crippen LogP contribution in [0.1, 0.15) is 28.4 Å². The third-order valence-electron chi connectivity index (χ3n) is 6.45. The van der Waals surface area contributed by atoms with Gasteiger partial charge in [0.2, 0.25) is 17.4 Å². The Balaban J connectivity index is 1.57. The zero-order valence-corrected chi connectivity index (χ0v) is 25.2. The zero-order chi connectivity index (χ0) is 33.3. The van der Waals surface area contributed by atoms with Crippen LogP contribution in [-0.2, 0) is 11.3 Å². The summed E-state index contributed by atoms with van der Waals surface area (Å²) in [6.45, 7) is 1.92. The molecule has 0 atom stereocenters. The first-order chi connectivity index (χ1) is 22.8. The van der Waals surface area contributed by atoms with Crippen molar-refractivity contribution in [3.63, 3.8) is 0 Å². The second-order valence-corrected chi connectivity index (χ2v) is 9.69. The number of nitrogens with zero attached hydrogens (tertiary/aromatic N) is 2. The second kappa shape index (κ2) is 14.6. The number of benzene rings is 4. The lowest BCUT2D eigenvalue weighted by Gasteiger charge is -2.17. The Morgan fingerprint density at radius 1 is 0.830 bits per heavy atom. The fraction of sp³-hybridized carbons (Fsp3) is 0.114. The number of aromatic nitrogens is 1. The standard InChI is InChI=1S/C35H27F2N3O7/c1-3-43-35(41)23-13-15-27(28(17-23)42-2)46-32-30(36)33(45-25-11-7-10-24(39)18-25)40-34(31(32)37)47-29-16-22(19-38)12-14-26(29)44-20-21-8-5-4-6-9-21/h4-18H,3,20,39H2,1-2H3. The minimum atomic E-state index is -1.35. The van der Waals surface area contributed by atoms with Crippen LogP contribution in [0.4, 0.5) is 14.5 Å². The van der Waals surface area contributed by atoms with E-state index < -0.39 is 35.1 Å². The molecule has 1 heterocycles. The number of nitriles is 1. The number of carbonyl (C=O) groups is 1. The molecule has 0 aliphatic rings. The molecule has 0 saturated heterocycles. The largest absolute Gasteiger partial charge is 0.493 e. The van der Waals surface area contributed by atoms with Crippen LogP contribution in [0.25, 0.3) is 0 Å². The van der Waals surface area contributed by atoms with E-state index in [-0.39, 0.29) is 53.1 Å². The molecule has 0 saturated carbocycles. The molecule has 0 spiro atoms. The van der Waals surface area contributed by atoms with Crippen molar-refractivity contribution in [2.24, 2.45) is 0 Å². The fourth-order valence-corrected chi connectivity index (χ4v) is 4.21.